The minimum atomic E-state index is -4.39. The number of benzene rings is 1. The fourth-order valence-electron chi connectivity index (χ4n) is 1.74. The monoisotopic (exact) mass is 278 g/mol. The van der Waals surface area contributed by atoms with E-state index in [2.05, 4.69) is 16.9 Å². The third-order valence-electron chi connectivity index (χ3n) is 2.63. The molecule has 0 saturated carbocycles. The Balaban J connectivity index is 2.49. The Morgan fingerprint density at radius 2 is 1.95 bits per heavy atom. The molecule has 102 valence electrons. The maximum atomic E-state index is 12.5. The molecule has 0 amide bonds. The van der Waals surface area contributed by atoms with Crippen LogP contribution in [0.1, 0.15) is 11.3 Å². The van der Waals surface area contributed by atoms with Gasteiger partial charge in [-0.15, -0.1) is 11.7 Å². The van der Waals surface area contributed by atoms with Crippen molar-refractivity contribution in [1.29, 1.82) is 5.26 Å². The molecule has 0 N–H and O–H groups in total. The molecule has 0 fully saturated rings. The summed E-state index contributed by atoms with van der Waals surface area (Å²) < 4.78 is 38.9. The zero-order chi connectivity index (χ0) is 14.8. The van der Waals surface area contributed by atoms with E-state index in [1.54, 1.807) is 6.08 Å². The van der Waals surface area contributed by atoms with E-state index in [4.69, 9.17) is 5.26 Å². The minimum absolute atomic E-state index is 0.0617. The number of hydrogen-bond acceptors (Lipinski definition) is 3. The SMILES string of the molecule is C=CCn1nnc(C#N)c1-c1ccc(C(F)(F)F)cc1. The predicted octanol–water partition coefficient (Wildman–Crippen LogP) is 3.02. The van der Waals surface area contributed by atoms with Gasteiger partial charge in [0.05, 0.1) is 12.1 Å². The van der Waals surface area contributed by atoms with Crippen LogP contribution in [0.5, 0.6) is 0 Å². The van der Waals surface area contributed by atoms with Gasteiger partial charge >= 0.3 is 6.18 Å². The van der Waals surface area contributed by atoms with Crippen molar-refractivity contribution in [2.75, 3.05) is 0 Å². The minimum Gasteiger partial charge on any atom is -0.239 e. The van der Waals surface area contributed by atoms with Crippen LogP contribution >= 0.6 is 0 Å². The quantitative estimate of drug-likeness (QED) is 0.811. The van der Waals surface area contributed by atoms with Gasteiger partial charge in [0.1, 0.15) is 11.8 Å². The second kappa shape index (κ2) is 5.17. The Bertz CT molecular complexity index is 662. The second-order valence-electron chi connectivity index (χ2n) is 3.94. The average molecular weight is 278 g/mol. The summed E-state index contributed by atoms with van der Waals surface area (Å²) in [6, 6.07) is 6.37. The summed E-state index contributed by atoms with van der Waals surface area (Å²) >= 11 is 0. The first-order valence-electron chi connectivity index (χ1n) is 5.59. The van der Waals surface area contributed by atoms with Crippen molar-refractivity contribution in [3.8, 4) is 17.3 Å². The normalized spacial score (nSPS) is 11.1. The predicted molar refractivity (Wildman–Crippen MR) is 65.4 cm³/mol. The first-order chi connectivity index (χ1) is 9.47. The van der Waals surface area contributed by atoms with Gasteiger partial charge in [0.25, 0.3) is 0 Å². The van der Waals surface area contributed by atoms with Crippen LogP contribution in [0.25, 0.3) is 11.3 Å². The van der Waals surface area contributed by atoms with Crippen molar-refractivity contribution in [2.24, 2.45) is 0 Å². The van der Waals surface area contributed by atoms with Crippen molar-refractivity contribution >= 4 is 0 Å². The lowest BCUT2D eigenvalue weighted by atomic mass is 10.1. The van der Waals surface area contributed by atoms with Crippen molar-refractivity contribution in [2.45, 2.75) is 12.7 Å². The van der Waals surface area contributed by atoms with E-state index in [1.807, 2.05) is 6.07 Å². The zero-order valence-corrected chi connectivity index (χ0v) is 10.2. The molecule has 0 aliphatic rings. The van der Waals surface area contributed by atoms with Crippen LogP contribution in [-0.2, 0) is 12.7 Å². The fraction of sp³-hybridized carbons (Fsp3) is 0.154. The highest BCUT2D eigenvalue weighted by Gasteiger charge is 2.30. The van der Waals surface area contributed by atoms with E-state index in [9.17, 15) is 13.2 Å². The summed E-state index contributed by atoms with van der Waals surface area (Å²) in [5.41, 5.74) is 0.136. The van der Waals surface area contributed by atoms with Crippen LogP contribution in [-0.4, -0.2) is 15.0 Å². The largest absolute Gasteiger partial charge is 0.416 e. The molecule has 0 aliphatic carbocycles. The third-order valence-corrected chi connectivity index (χ3v) is 2.63. The van der Waals surface area contributed by atoms with E-state index in [0.717, 1.165) is 12.1 Å². The van der Waals surface area contributed by atoms with Crippen LogP contribution in [0.2, 0.25) is 0 Å². The van der Waals surface area contributed by atoms with Gasteiger partial charge in [0, 0.05) is 5.56 Å². The van der Waals surface area contributed by atoms with Crippen molar-refractivity contribution in [3.63, 3.8) is 0 Å². The summed E-state index contributed by atoms with van der Waals surface area (Å²) in [6.07, 6.45) is -2.83. The van der Waals surface area contributed by atoms with Gasteiger partial charge in [-0.2, -0.15) is 18.4 Å². The number of nitrogens with zero attached hydrogens (tertiary/aromatic N) is 4. The standard InChI is InChI=1S/C13H9F3N4/c1-2-7-20-12(11(8-17)18-19-20)9-3-5-10(6-4-9)13(14,15)16/h2-6H,1,7H2. The van der Waals surface area contributed by atoms with Crippen LogP contribution in [0.15, 0.2) is 36.9 Å². The summed E-state index contributed by atoms with van der Waals surface area (Å²) in [6.45, 7) is 3.86. The number of allylic oxidation sites excluding steroid dienone is 1. The lowest BCUT2D eigenvalue weighted by molar-refractivity contribution is -0.137. The van der Waals surface area contributed by atoms with Gasteiger partial charge in [-0.3, -0.25) is 0 Å². The van der Waals surface area contributed by atoms with E-state index in [0.29, 0.717) is 17.8 Å². The first kappa shape index (κ1) is 13.8. The van der Waals surface area contributed by atoms with Crippen LogP contribution in [0.4, 0.5) is 13.2 Å². The lowest BCUT2D eigenvalue weighted by Crippen LogP contribution is -2.05. The van der Waals surface area contributed by atoms with Gasteiger partial charge in [0.15, 0.2) is 5.69 Å². The summed E-state index contributed by atoms with van der Waals surface area (Å²) in [7, 11) is 0. The van der Waals surface area contributed by atoms with Crippen LogP contribution < -0.4 is 0 Å². The molecule has 2 rings (SSSR count). The highest BCUT2D eigenvalue weighted by Crippen LogP contribution is 2.31. The molecule has 0 atom stereocenters. The van der Waals surface area contributed by atoms with Gasteiger partial charge in [-0.1, -0.05) is 23.4 Å². The van der Waals surface area contributed by atoms with Crippen LogP contribution in [0.3, 0.4) is 0 Å². The maximum absolute atomic E-state index is 12.5. The Labute approximate surface area is 112 Å². The molecule has 1 aromatic heterocycles. The number of halogens is 3. The Hall–Kier alpha value is -2.62. The maximum Gasteiger partial charge on any atom is 0.416 e. The number of rotatable bonds is 3. The summed E-state index contributed by atoms with van der Waals surface area (Å²) in [4.78, 5) is 0. The van der Waals surface area contributed by atoms with Crippen molar-refractivity contribution in [1.82, 2.24) is 15.0 Å². The molecular weight excluding hydrogens is 269 g/mol. The molecule has 20 heavy (non-hydrogen) atoms. The topological polar surface area (TPSA) is 54.5 Å². The summed E-state index contributed by atoms with van der Waals surface area (Å²) in [5, 5.41) is 16.4. The molecule has 2 aromatic rings. The van der Waals surface area contributed by atoms with Gasteiger partial charge in [0.2, 0.25) is 0 Å². The highest BCUT2D eigenvalue weighted by atomic mass is 19.4. The van der Waals surface area contributed by atoms with E-state index in [-0.39, 0.29) is 5.69 Å². The van der Waals surface area contributed by atoms with E-state index in [1.165, 1.54) is 16.8 Å². The molecule has 7 heteroatoms. The number of alkyl halides is 3. The average Bonchev–Trinajstić information content (AvgIpc) is 2.81. The molecular formula is C13H9F3N4. The summed E-state index contributed by atoms with van der Waals surface area (Å²) in [5.74, 6) is 0. The van der Waals surface area contributed by atoms with Crippen LogP contribution in [0, 0.1) is 11.3 Å². The van der Waals surface area contributed by atoms with Gasteiger partial charge in [-0.05, 0) is 12.1 Å². The molecule has 0 saturated heterocycles. The van der Waals surface area contributed by atoms with Crippen molar-refractivity contribution < 1.29 is 13.2 Å². The molecule has 4 nitrogen and oxygen atoms in total. The van der Waals surface area contributed by atoms with Gasteiger partial charge in [-0.25, -0.2) is 4.68 Å². The number of nitriles is 1. The second-order valence-corrected chi connectivity index (χ2v) is 3.94. The molecule has 0 spiro atoms. The van der Waals surface area contributed by atoms with Crippen molar-refractivity contribution in [3.05, 3.63) is 48.2 Å². The highest BCUT2D eigenvalue weighted by molar-refractivity contribution is 5.65. The molecule has 1 heterocycles. The molecule has 0 bridgehead atoms. The van der Waals surface area contributed by atoms with E-state index < -0.39 is 11.7 Å². The Morgan fingerprint density at radius 1 is 1.30 bits per heavy atom. The Kier molecular flexibility index (Phi) is 3.57. The fourth-order valence-corrected chi connectivity index (χ4v) is 1.74. The Morgan fingerprint density at radius 3 is 2.45 bits per heavy atom. The lowest BCUT2D eigenvalue weighted by Gasteiger charge is -2.08. The molecule has 0 aliphatic heterocycles. The number of aromatic nitrogens is 3. The zero-order valence-electron chi connectivity index (χ0n) is 10.2. The molecule has 0 radical (unpaired) electrons. The smallest absolute Gasteiger partial charge is 0.239 e. The third kappa shape index (κ3) is 2.54. The molecule has 1 aromatic carbocycles. The van der Waals surface area contributed by atoms with E-state index >= 15 is 0 Å². The first-order valence-corrected chi connectivity index (χ1v) is 5.59. The number of hydrogen-bond donors (Lipinski definition) is 0. The molecule has 0 unspecified atom stereocenters. The van der Waals surface area contributed by atoms with Gasteiger partial charge < -0.3 is 0 Å².